The van der Waals surface area contributed by atoms with Gasteiger partial charge >= 0.3 is 5.97 Å². The SMILES string of the molecule is O=C(O)CCNC(=O)COc1ccc2ccccc2c1. The number of ether oxygens (including phenoxy) is 1. The van der Waals surface area contributed by atoms with Gasteiger partial charge in [-0.15, -0.1) is 0 Å². The van der Waals surface area contributed by atoms with E-state index >= 15 is 0 Å². The van der Waals surface area contributed by atoms with Crippen LogP contribution in [0.4, 0.5) is 0 Å². The smallest absolute Gasteiger partial charge is 0.305 e. The number of fused-ring (bicyclic) bond motifs is 1. The van der Waals surface area contributed by atoms with Crippen LogP contribution in [0.15, 0.2) is 42.5 Å². The third-order valence-corrected chi connectivity index (χ3v) is 2.75. The van der Waals surface area contributed by atoms with E-state index in [-0.39, 0.29) is 25.5 Å². The van der Waals surface area contributed by atoms with Crippen LogP contribution in [0.3, 0.4) is 0 Å². The Morgan fingerprint density at radius 2 is 1.85 bits per heavy atom. The summed E-state index contributed by atoms with van der Waals surface area (Å²) in [5.41, 5.74) is 0. The maximum absolute atomic E-state index is 11.4. The molecule has 0 aromatic heterocycles. The number of carboxylic acids is 1. The average molecular weight is 273 g/mol. The molecule has 0 atom stereocenters. The fourth-order valence-corrected chi connectivity index (χ4v) is 1.77. The first-order valence-corrected chi connectivity index (χ1v) is 6.25. The lowest BCUT2D eigenvalue weighted by Gasteiger charge is -2.07. The Balaban J connectivity index is 1.86. The van der Waals surface area contributed by atoms with Gasteiger partial charge in [-0.2, -0.15) is 0 Å². The summed E-state index contributed by atoms with van der Waals surface area (Å²) in [6.07, 6.45) is -0.0955. The predicted octanol–water partition coefficient (Wildman–Crippen LogP) is 1.81. The highest BCUT2D eigenvalue weighted by molar-refractivity contribution is 5.84. The zero-order valence-corrected chi connectivity index (χ0v) is 10.8. The molecule has 5 heteroatoms. The number of carbonyl (C=O) groups is 2. The van der Waals surface area contributed by atoms with Gasteiger partial charge in [0.25, 0.3) is 5.91 Å². The van der Waals surface area contributed by atoms with Crippen molar-refractivity contribution < 1.29 is 19.4 Å². The third-order valence-electron chi connectivity index (χ3n) is 2.75. The standard InChI is InChI=1S/C15H15NO4/c17-14(16-8-7-15(18)19)10-20-13-6-5-11-3-1-2-4-12(11)9-13/h1-6,9H,7-8,10H2,(H,16,17)(H,18,19). The van der Waals surface area contributed by atoms with Crippen molar-refractivity contribution in [3.8, 4) is 5.75 Å². The highest BCUT2D eigenvalue weighted by Gasteiger charge is 2.04. The first kappa shape index (κ1) is 13.9. The number of rotatable bonds is 6. The first-order valence-electron chi connectivity index (χ1n) is 6.25. The van der Waals surface area contributed by atoms with Crippen LogP contribution >= 0.6 is 0 Å². The normalized spacial score (nSPS) is 10.2. The summed E-state index contributed by atoms with van der Waals surface area (Å²) in [5, 5.41) is 13.1. The number of carboxylic acid groups (broad SMARTS) is 1. The highest BCUT2D eigenvalue weighted by Crippen LogP contribution is 2.20. The number of aliphatic carboxylic acids is 1. The van der Waals surface area contributed by atoms with Gasteiger partial charge in [0, 0.05) is 6.54 Å². The lowest BCUT2D eigenvalue weighted by molar-refractivity contribution is -0.137. The van der Waals surface area contributed by atoms with Crippen molar-refractivity contribution in [1.82, 2.24) is 5.32 Å². The van der Waals surface area contributed by atoms with Crippen molar-refractivity contribution in [3.05, 3.63) is 42.5 Å². The van der Waals surface area contributed by atoms with Crippen molar-refractivity contribution in [2.75, 3.05) is 13.2 Å². The van der Waals surface area contributed by atoms with E-state index in [1.807, 2.05) is 36.4 Å². The highest BCUT2D eigenvalue weighted by atomic mass is 16.5. The fraction of sp³-hybridized carbons (Fsp3) is 0.200. The lowest BCUT2D eigenvalue weighted by atomic mass is 10.1. The van der Waals surface area contributed by atoms with Crippen molar-refractivity contribution >= 4 is 22.6 Å². The molecule has 104 valence electrons. The van der Waals surface area contributed by atoms with Gasteiger partial charge in [0.15, 0.2) is 6.61 Å². The van der Waals surface area contributed by atoms with E-state index in [2.05, 4.69) is 5.32 Å². The van der Waals surface area contributed by atoms with Crippen LogP contribution < -0.4 is 10.1 Å². The molecule has 0 aliphatic heterocycles. The summed E-state index contributed by atoms with van der Waals surface area (Å²) in [6, 6.07) is 13.4. The molecule has 2 aromatic carbocycles. The summed E-state index contributed by atoms with van der Waals surface area (Å²) in [6.45, 7) is -0.0206. The second-order valence-corrected chi connectivity index (χ2v) is 4.29. The first-order chi connectivity index (χ1) is 9.65. The molecule has 0 heterocycles. The number of hydrogen-bond donors (Lipinski definition) is 2. The molecule has 2 rings (SSSR count). The van der Waals surface area contributed by atoms with Gasteiger partial charge in [-0.25, -0.2) is 0 Å². The molecule has 0 radical (unpaired) electrons. The van der Waals surface area contributed by atoms with Gasteiger partial charge in [0.1, 0.15) is 5.75 Å². The minimum atomic E-state index is -0.944. The summed E-state index contributed by atoms with van der Waals surface area (Å²) < 4.78 is 5.37. The zero-order chi connectivity index (χ0) is 14.4. The van der Waals surface area contributed by atoms with E-state index in [1.165, 1.54) is 0 Å². The van der Waals surface area contributed by atoms with E-state index < -0.39 is 5.97 Å². The topological polar surface area (TPSA) is 75.6 Å². The Bertz CT molecular complexity index is 624. The molecular weight excluding hydrogens is 258 g/mol. The number of amides is 1. The van der Waals surface area contributed by atoms with Crippen LogP contribution in [0.2, 0.25) is 0 Å². The Hall–Kier alpha value is -2.56. The van der Waals surface area contributed by atoms with Crippen molar-refractivity contribution in [2.24, 2.45) is 0 Å². The van der Waals surface area contributed by atoms with Crippen LogP contribution in [-0.4, -0.2) is 30.1 Å². The molecule has 0 spiro atoms. The van der Waals surface area contributed by atoms with Crippen molar-refractivity contribution in [2.45, 2.75) is 6.42 Å². The average Bonchev–Trinajstić information content (AvgIpc) is 2.44. The quantitative estimate of drug-likeness (QED) is 0.841. The summed E-state index contributed by atoms with van der Waals surface area (Å²) in [7, 11) is 0. The van der Waals surface area contributed by atoms with Gasteiger partial charge in [0.05, 0.1) is 6.42 Å². The molecule has 0 aliphatic carbocycles. The van der Waals surface area contributed by atoms with Crippen LogP contribution in [0.1, 0.15) is 6.42 Å². The van der Waals surface area contributed by atoms with Crippen LogP contribution in [0, 0.1) is 0 Å². The van der Waals surface area contributed by atoms with E-state index in [9.17, 15) is 9.59 Å². The molecule has 2 N–H and O–H groups in total. The van der Waals surface area contributed by atoms with E-state index in [1.54, 1.807) is 6.07 Å². The minimum absolute atomic E-state index is 0.0955. The Morgan fingerprint density at radius 3 is 2.60 bits per heavy atom. The minimum Gasteiger partial charge on any atom is -0.484 e. The summed E-state index contributed by atoms with van der Waals surface area (Å²) in [4.78, 5) is 21.7. The molecule has 0 fully saturated rings. The molecule has 5 nitrogen and oxygen atoms in total. The van der Waals surface area contributed by atoms with E-state index in [4.69, 9.17) is 9.84 Å². The van der Waals surface area contributed by atoms with E-state index in [0.29, 0.717) is 5.75 Å². The van der Waals surface area contributed by atoms with Crippen LogP contribution in [0.5, 0.6) is 5.75 Å². The lowest BCUT2D eigenvalue weighted by Crippen LogP contribution is -2.30. The zero-order valence-electron chi connectivity index (χ0n) is 10.8. The summed E-state index contributed by atoms with van der Waals surface area (Å²) >= 11 is 0. The largest absolute Gasteiger partial charge is 0.484 e. The van der Waals surface area contributed by atoms with Gasteiger partial charge in [0.2, 0.25) is 0 Å². The monoisotopic (exact) mass is 273 g/mol. The number of benzene rings is 2. The molecule has 0 saturated heterocycles. The number of nitrogens with one attached hydrogen (secondary N) is 1. The second-order valence-electron chi connectivity index (χ2n) is 4.29. The molecule has 0 saturated carbocycles. The predicted molar refractivity (Wildman–Crippen MR) is 74.7 cm³/mol. The second kappa shape index (κ2) is 6.56. The van der Waals surface area contributed by atoms with Crippen LogP contribution in [0.25, 0.3) is 10.8 Å². The van der Waals surface area contributed by atoms with Crippen LogP contribution in [-0.2, 0) is 9.59 Å². The maximum Gasteiger partial charge on any atom is 0.305 e. The summed E-state index contributed by atoms with van der Waals surface area (Å²) in [5.74, 6) is -0.669. The van der Waals surface area contributed by atoms with Crippen molar-refractivity contribution in [3.63, 3.8) is 0 Å². The van der Waals surface area contributed by atoms with Crippen molar-refractivity contribution in [1.29, 1.82) is 0 Å². The Kier molecular flexibility index (Phi) is 4.55. The molecular formula is C15H15NO4. The molecule has 2 aromatic rings. The molecule has 0 unspecified atom stereocenters. The van der Waals surface area contributed by atoms with Gasteiger partial charge in [-0.3, -0.25) is 9.59 Å². The molecule has 0 aliphatic rings. The fourth-order valence-electron chi connectivity index (χ4n) is 1.77. The number of hydrogen-bond acceptors (Lipinski definition) is 3. The van der Waals surface area contributed by atoms with E-state index in [0.717, 1.165) is 10.8 Å². The number of carbonyl (C=O) groups excluding carboxylic acids is 1. The Labute approximate surface area is 116 Å². The third kappa shape index (κ3) is 3.98. The molecule has 20 heavy (non-hydrogen) atoms. The van der Waals surface area contributed by atoms with Gasteiger partial charge < -0.3 is 15.2 Å². The molecule has 0 bridgehead atoms. The maximum atomic E-state index is 11.4. The van der Waals surface area contributed by atoms with Gasteiger partial charge in [-0.05, 0) is 22.9 Å². The molecule has 1 amide bonds. The van der Waals surface area contributed by atoms with Gasteiger partial charge in [-0.1, -0.05) is 30.3 Å². The Morgan fingerprint density at radius 1 is 1.10 bits per heavy atom.